The van der Waals surface area contributed by atoms with E-state index in [1.807, 2.05) is 0 Å². The fraction of sp³-hybridized carbons (Fsp3) is 0.579. The number of nitrogen functional groups attached to an aromatic ring is 2. The molecule has 24 heteroatoms. The molecule has 6 rings (SSSR count). The number of anilines is 2. The number of hydrogen-bond donors (Lipinski definition) is 6. The van der Waals surface area contributed by atoms with E-state index < -0.39 is 73.1 Å². The van der Waals surface area contributed by atoms with Gasteiger partial charge in [-0.25, -0.2) is 13.3 Å². The molecule has 0 saturated carbocycles. The van der Waals surface area contributed by atoms with Crippen molar-refractivity contribution >= 4 is 61.9 Å². The average molecular weight is 664 g/mol. The van der Waals surface area contributed by atoms with Crippen molar-refractivity contribution in [2.75, 3.05) is 24.2 Å². The molecular formula is C19H24F2N12O7P2S. The standard InChI is InChI=1S/C19H24F2N12O7P2S/c1-4-7(20)11(16(36)32-12-9(28-30-32)14(34)26-18(22)24-12)40-42(37,43)38-2-6-8(21)5(3-41-4)17(39-6)33-13-10(29-31-33)15(35)27-19(23)25-13/h4-8,11,16-17,36,41H,2-3H2,1H3,(H,37,43)(H3,22,24,26,34)(H3,23,25,27,35)/t4?,5-,6-,7-,8+,11-,16-,17-,42?/m1/s1. The first-order chi connectivity index (χ1) is 20.3. The Morgan fingerprint density at radius 1 is 1.09 bits per heavy atom. The molecule has 2 bridgehead atoms. The maximum absolute atomic E-state index is 16.1. The summed E-state index contributed by atoms with van der Waals surface area (Å²) in [5.74, 6) is -1.51. The lowest BCUT2D eigenvalue weighted by molar-refractivity contribution is -0.0668. The van der Waals surface area contributed by atoms with Crippen LogP contribution < -0.4 is 22.6 Å². The zero-order valence-electron chi connectivity index (χ0n) is 21.8. The third-order valence-electron chi connectivity index (χ3n) is 7.06. The van der Waals surface area contributed by atoms with E-state index in [0.717, 1.165) is 4.68 Å². The highest BCUT2D eigenvalue weighted by Gasteiger charge is 2.50. The van der Waals surface area contributed by atoms with Crippen LogP contribution in [0.3, 0.4) is 0 Å². The van der Waals surface area contributed by atoms with Crippen LogP contribution in [-0.4, -0.2) is 98.0 Å². The summed E-state index contributed by atoms with van der Waals surface area (Å²) in [6.07, 6.45) is -10.2. The van der Waals surface area contributed by atoms with Gasteiger partial charge in [0.2, 0.25) is 11.9 Å². The number of thiol groups is 1. The minimum atomic E-state index is -4.52. The Hall–Kier alpha value is -3.13. The monoisotopic (exact) mass is 664 g/mol. The van der Waals surface area contributed by atoms with Crippen LogP contribution in [0.5, 0.6) is 0 Å². The number of fused-ring (bicyclic) bond motifs is 4. The molecule has 19 nitrogen and oxygen atoms in total. The van der Waals surface area contributed by atoms with Crippen LogP contribution in [0.1, 0.15) is 19.4 Å². The second-order valence-corrected chi connectivity index (χ2v) is 14.5. The summed E-state index contributed by atoms with van der Waals surface area (Å²) >= 11 is 3.92. The van der Waals surface area contributed by atoms with Gasteiger partial charge in [-0.2, -0.15) is 19.3 Å². The quantitative estimate of drug-likeness (QED) is 0.118. The van der Waals surface area contributed by atoms with Crippen LogP contribution in [0.15, 0.2) is 9.59 Å². The van der Waals surface area contributed by atoms with Gasteiger partial charge < -0.3 is 21.3 Å². The fourth-order valence-electron chi connectivity index (χ4n) is 4.92. The highest BCUT2D eigenvalue weighted by Crippen LogP contribution is 2.57. The third kappa shape index (κ3) is 5.41. The minimum absolute atomic E-state index is 0.0466. The van der Waals surface area contributed by atoms with Gasteiger partial charge in [0.15, 0.2) is 34.8 Å². The number of aromatic amines is 2. The van der Waals surface area contributed by atoms with Crippen LogP contribution >= 0.6 is 27.6 Å². The average Bonchev–Trinajstić information content (AvgIpc) is 3.63. The lowest BCUT2D eigenvalue weighted by Gasteiger charge is -2.32. The summed E-state index contributed by atoms with van der Waals surface area (Å²) in [6.45, 7) is -3.70. The summed E-state index contributed by atoms with van der Waals surface area (Å²) in [5, 5.41) is 26.2. The molecule has 6 heterocycles. The predicted octanol–water partition coefficient (Wildman–Crippen LogP) is -0.592. The minimum Gasteiger partial charge on any atom is -0.369 e. The van der Waals surface area contributed by atoms with Gasteiger partial charge in [-0.3, -0.25) is 28.6 Å². The molecule has 232 valence electrons. The molecule has 0 spiro atoms. The molecule has 0 radical (unpaired) electrons. The van der Waals surface area contributed by atoms with Crippen molar-refractivity contribution in [1.29, 1.82) is 0 Å². The van der Waals surface area contributed by atoms with E-state index in [-0.39, 0.29) is 49.0 Å². The number of rotatable bonds is 3. The number of H-pyrrole nitrogens is 2. The van der Waals surface area contributed by atoms with E-state index in [2.05, 4.69) is 52.8 Å². The number of aliphatic hydroxyl groups excluding tert-OH is 1. The summed E-state index contributed by atoms with van der Waals surface area (Å²) in [4.78, 5) is 36.9. The van der Waals surface area contributed by atoms with Crippen molar-refractivity contribution in [3.63, 3.8) is 0 Å². The van der Waals surface area contributed by atoms with Crippen molar-refractivity contribution in [2.45, 2.75) is 49.6 Å². The van der Waals surface area contributed by atoms with Crippen LogP contribution in [0, 0.1) is 5.92 Å². The Morgan fingerprint density at radius 3 is 2.42 bits per heavy atom. The molecule has 43 heavy (non-hydrogen) atoms. The Bertz CT molecular complexity index is 1860. The normalized spacial score (nSPS) is 33.5. The summed E-state index contributed by atoms with van der Waals surface area (Å²) in [7, 11) is -0.305. The number of ether oxygens (including phenoxy) is 1. The predicted molar refractivity (Wildman–Crippen MR) is 149 cm³/mol. The molecule has 4 aromatic heterocycles. The van der Waals surface area contributed by atoms with Crippen molar-refractivity contribution < 1.29 is 32.2 Å². The van der Waals surface area contributed by atoms with Gasteiger partial charge in [-0.1, -0.05) is 29.6 Å². The van der Waals surface area contributed by atoms with Crippen molar-refractivity contribution in [2.24, 2.45) is 5.92 Å². The first kappa shape index (κ1) is 29.9. The van der Waals surface area contributed by atoms with E-state index >= 15 is 8.78 Å². The first-order valence-corrected chi connectivity index (χ1v) is 16.5. The summed E-state index contributed by atoms with van der Waals surface area (Å²) in [6, 6.07) is 0. The number of nitrogens with zero attached hydrogens (tertiary/aromatic N) is 8. The Morgan fingerprint density at radius 2 is 1.72 bits per heavy atom. The molecule has 4 aromatic rings. The molecule has 2 aliphatic rings. The van der Waals surface area contributed by atoms with Crippen LogP contribution in [0.4, 0.5) is 20.7 Å². The molecule has 2 fully saturated rings. The number of halogens is 2. The van der Waals surface area contributed by atoms with Crippen LogP contribution in [0.25, 0.3) is 22.3 Å². The number of nitrogens with one attached hydrogen (secondary N) is 2. The number of aromatic nitrogens is 10. The van der Waals surface area contributed by atoms with E-state index in [0.29, 0.717) is 4.68 Å². The van der Waals surface area contributed by atoms with Gasteiger partial charge in [0, 0.05) is 11.6 Å². The second kappa shape index (κ2) is 11.1. The van der Waals surface area contributed by atoms with Crippen LogP contribution in [-0.2, 0) is 18.3 Å². The smallest absolute Gasteiger partial charge is 0.369 e. The van der Waals surface area contributed by atoms with Gasteiger partial charge in [0.1, 0.15) is 24.6 Å². The molecule has 7 N–H and O–H groups in total. The second-order valence-electron chi connectivity index (χ2n) is 9.88. The number of aliphatic hydroxyl groups is 1. The van der Waals surface area contributed by atoms with Crippen molar-refractivity contribution in [1.82, 2.24) is 49.9 Å². The Labute approximate surface area is 244 Å². The van der Waals surface area contributed by atoms with Gasteiger partial charge in [-0.05, 0) is 6.16 Å². The fourth-order valence-corrected chi connectivity index (χ4v) is 7.86. The van der Waals surface area contributed by atoms with Gasteiger partial charge in [-0.15, -0.1) is 18.8 Å². The molecule has 0 aromatic carbocycles. The maximum atomic E-state index is 16.1. The number of alkyl halides is 2. The third-order valence-corrected chi connectivity index (χ3v) is 10.3. The largest absolute Gasteiger partial charge is 0.386 e. The lowest BCUT2D eigenvalue weighted by atomic mass is 10.0. The van der Waals surface area contributed by atoms with E-state index in [9.17, 15) is 19.3 Å². The summed E-state index contributed by atoms with van der Waals surface area (Å²) < 4.78 is 63.5. The molecular weight excluding hydrogens is 640 g/mol. The van der Waals surface area contributed by atoms with E-state index in [1.165, 1.54) is 6.92 Å². The summed E-state index contributed by atoms with van der Waals surface area (Å²) in [5.41, 5.74) is 8.10. The number of hydrogen-bond acceptors (Lipinski definition) is 15. The number of nitrogens with two attached hydrogens (primary N) is 2. The maximum Gasteiger partial charge on any atom is 0.386 e. The van der Waals surface area contributed by atoms with Gasteiger partial charge >= 0.3 is 6.80 Å². The van der Waals surface area contributed by atoms with Gasteiger partial charge in [0.25, 0.3) is 11.1 Å². The molecule has 3 unspecified atom stereocenters. The highest BCUT2D eigenvalue weighted by molar-refractivity contribution is 8.44. The van der Waals surface area contributed by atoms with E-state index in [4.69, 9.17) is 25.3 Å². The van der Waals surface area contributed by atoms with E-state index in [1.54, 1.807) is 0 Å². The Balaban J connectivity index is 1.33. The van der Waals surface area contributed by atoms with Crippen molar-refractivity contribution in [3.8, 4) is 0 Å². The molecule has 10 atom stereocenters. The Kier molecular flexibility index (Phi) is 7.72. The van der Waals surface area contributed by atoms with Gasteiger partial charge in [0.05, 0.1) is 6.61 Å². The topological polar surface area (TPSA) is 270 Å². The molecule has 2 saturated heterocycles. The first-order valence-electron chi connectivity index (χ1n) is 12.6. The molecule has 2 aliphatic heterocycles. The van der Waals surface area contributed by atoms with Crippen molar-refractivity contribution in [3.05, 3.63) is 20.7 Å². The zero-order valence-corrected chi connectivity index (χ0v) is 24.6. The SMILES string of the molecule is CC1PC[C@@H]2[C@H](F)[C@@H](COP(=O)(S)O[C@@H]([C@@H](O)n3nnc4c(=O)[nH]c(N)nc43)[C@@H]1F)O[C@H]2n1nnc2c(=O)[nH]c(N)nc21. The van der Waals surface area contributed by atoms with Crippen LogP contribution in [0.2, 0.25) is 0 Å². The molecule has 0 amide bonds. The lowest BCUT2D eigenvalue weighted by Crippen LogP contribution is -2.40. The zero-order chi connectivity index (χ0) is 30.8. The molecule has 0 aliphatic carbocycles. The highest BCUT2D eigenvalue weighted by atomic mass is 32.7.